The van der Waals surface area contributed by atoms with Gasteiger partial charge in [-0.3, -0.25) is 5.41 Å². The van der Waals surface area contributed by atoms with Crippen molar-refractivity contribution in [3.8, 4) is 0 Å². The number of benzene rings is 1. The van der Waals surface area contributed by atoms with Gasteiger partial charge in [0, 0.05) is 15.3 Å². The topological polar surface area (TPSA) is 36.2 Å². The molecule has 1 N–H and O–H groups in total. The molecule has 0 radical (unpaired) electrons. The smallest absolute Gasteiger partial charge is 0.151 e. The van der Waals surface area contributed by atoms with Crippen LogP contribution in [0.4, 0.5) is 0 Å². The van der Waals surface area contributed by atoms with E-state index in [0.717, 1.165) is 15.0 Å². The van der Waals surface area contributed by atoms with Gasteiger partial charge >= 0.3 is 0 Å². The average Bonchev–Trinajstić information content (AvgIpc) is 2.08. The molecule has 2 rings (SSSR count). The molecular formula is C10H7BrN2. The quantitative estimate of drug-likeness (QED) is 0.705. The van der Waals surface area contributed by atoms with Gasteiger partial charge in [-0.1, -0.05) is 22.5 Å². The van der Waals surface area contributed by atoms with E-state index in [2.05, 4.69) is 27.5 Å². The van der Waals surface area contributed by atoms with Crippen LogP contribution in [0.3, 0.4) is 0 Å². The fourth-order valence-electron chi connectivity index (χ4n) is 1.19. The van der Waals surface area contributed by atoms with Crippen molar-refractivity contribution in [1.29, 1.82) is 5.41 Å². The third-order valence-corrected chi connectivity index (χ3v) is 2.35. The molecule has 13 heavy (non-hydrogen) atoms. The Bertz CT molecular complexity index is 514. The average molecular weight is 235 g/mol. The summed E-state index contributed by atoms with van der Waals surface area (Å²) in [5.74, 6) is 0.245. The highest BCUT2D eigenvalue weighted by Gasteiger charge is 2.03. The molecule has 0 bridgehead atoms. The summed E-state index contributed by atoms with van der Waals surface area (Å²) in [5, 5.41) is 9.31. The second-order valence-corrected chi connectivity index (χ2v) is 3.75. The lowest BCUT2D eigenvalue weighted by Gasteiger charge is -2.03. The third kappa shape index (κ3) is 1.47. The molecule has 0 spiro atoms. The SMILES string of the molecule is C=C1C=c2cc(Br)ccc2=NC1=N. The summed E-state index contributed by atoms with van der Waals surface area (Å²) in [6.45, 7) is 3.73. The number of nitrogens with zero attached hydrogens (tertiary/aromatic N) is 1. The van der Waals surface area contributed by atoms with Crippen molar-refractivity contribution in [1.82, 2.24) is 0 Å². The van der Waals surface area contributed by atoms with Crippen LogP contribution in [0.2, 0.25) is 0 Å². The van der Waals surface area contributed by atoms with Crippen molar-refractivity contribution in [2.75, 3.05) is 0 Å². The summed E-state index contributed by atoms with van der Waals surface area (Å²) in [4.78, 5) is 4.10. The molecule has 1 aliphatic rings. The highest BCUT2D eigenvalue weighted by Crippen LogP contribution is 2.04. The van der Waals surface area contributed by atoms with Crippen LogP contribution in [-0.4, -0.2) is 5.84 Å². The number of rotatable bonds is 0. The zero-order chi connectivity index (χ0) is 9.42. The molecule has 0 saturated heterocycles. The van der Waals surface area contributed by atoms with E-state index in [1.807, 2.05) is 24.3 Å². The second-order valence-electron chi connectivity index (χ2n) is 2.83. The van der Waals surface area contributed by atoms with E-state index in [4.69, 9.17) is 5.41 Å². The molecular weight excluding hydrogens is 228 g/mol. The molecule has 1 aromatic rings. The lowest BCUT2D eigenvalue weighted by molar-refractivity contribution is 1.28. The van der Waals surface area contributed by atoms with E-state index >= 15 is 0 Å². The first-order valence-corrected chi connectivity index (χ1v) is 4.60. The minimum atomic E-state index is 0.245. The molecule has 1 aromatic carbocycles. The molecule has 0 aliphatic carbocycles. The Morgan fingerprint density at radius 3 is 2.92 bits per heavy atom. The van der Waals surface area contributed by atoms with Crippen LogP contribution in [0.15, 0.2) is 39.8 Å². The van der Waals surface area contributed by atoms with Gasteiger partial charge in [0.05, 0.1) is 5.36 Å². The molecule has 1 heterocycles. The molecule has 0 unspecified atom stereocenters. The summed E-state index contributed by atoms with van der Waals surface area (Å²) in [6, 6.07) is 5.77. The van der Waals surface area contributed by atoms with Crippen molar-refractivity contribution in [3.05, 3.63) is 45.4 Å². The van der Waals surface area contributed by atoms with Crippen LogP contribution < -0.4 is 10.6 Å². The van der Waals surface area contributed by atoms with Crippen molar-refractivity contribution in [3.63, 3.8) is 0 Å². The summed E-state index contributed by atoms with van der Waals surface area (Å²) >= 11 is 3.38. The van der Waals surface area contributed by atoms with E-state index in [0.29, 0.717) is 5.57 Å². The number of fused-ring (bicyclic) bond motifs is 1. The molecule has 0 amide bonds. The molecule has 0 atom stereocenters. The van der Waals surface area contributed by atoms with E-state index < -0.39 is 0 Å². The van der Waals surface area contributed by atoms with Crippen LogP contribution in [0, 0.1) is 5.41 Å². The number of nitrogens with one attached hydrogen (secondary N) is 1. The van der Waals surface area contributed by atoms with Crippen molar-refractivity contribution in [2.24, 2.45) is 4.99 Å². The zero-order valence-corrected chi connectivity index (χ0v) is 8.43. The molecule has 2 nitrogen and oxygen atoms in total. The Kier molecular flexibility index (Phi) is 1.88. The van der Waals surface area contributed by atoms with Gasteiger partial charge in [-0.15, -0.1) is 0 Å². The van der Waals surface area contributed by atoms with Gasteiger partial charge in [-0.25, -0.2) is 4.99 Å². The number of amidine groups is 1. The minimum Gasteiger partial charge on any atom is -0.282 e. The Morgan fingerprint density at radius 1 is 1.38 bits per heavy atom. The van der Waals surface area contributed by atoms with E-state index in [1.165, 1.54) is 0 Å². The molecule has 0 saturated carbocycles. The maximum Gasteiger partial charge on any atom is 0.151 e. The van der Waals surface area contributed by atoms with Gasteiger partial charge in [-0.05, 0) is 24.3 Å². The van der Waals surface area contributed by atoms with Gasteiger partial charge in [0.2, 0.25) is 0 Å². The number of hydrogen-bond donors (Lipinski definition) is 1. The Labute approximate surface area is 84.0 Å². The van der Waals surface area contributed by atoms with Crippen molar-refractivity contribution >= 4 is 27.8 Å². The van der Waals surface area contributed by atoms with Crippen LogP contribution in [-0.2, 0) is 0 Å². The first kappa shape index (κ1) is 8.38. The maximum absolute atomic E-state index is 7.47. The Balaban J connectivity index is 2.85. The van der Waals surface area contributed by atoms with E-state index in [-0.39, 0.29) is 5.84 Å². The van der Waals surface area contributed by atoms with Gasteiger partial charge in [0.25, 0.3) is 0 Å². The fraction of sp³-hybridized carbons (Fsp3) is 0. The lowest BCUT2D eigenvalue weighted by atomic mass is 10.1. The lowest BCUT2D eigenvalue weighted by Crippen LogP contribution is -2.29. The van der Waals surface area contributed by atoms with Crippen molar-refractivity contribution in [2.45, 2.75) is 0 Å². The predicted octanol–water partition coefficient (Wildman–Crippen LogP) is 1.40. The highest BCUT2D eigenvalue weighted by molar-refractivity contribution is 9.10. The zero-order valence-electron chi connectivity index (χ0n) is 6.84. The first-order chi connectivity index (χ1) is 6.16. The molecule has 0 fully saturated rings. The highest BCUT2D eigenvalue weighted by atomic mass is 79.9. The van der Waals surface area contributed by atoms with E-state index in [9.17, 15) is 0 Å². The molecule has 0 aromatic heterocycles. The van der Waals surface area contributed by atoms with Gasteiger partial charge in [0.1, 0.15) is 0 Å². The minimum absolute atomic E-state index is 0.245. The van der Waals surface area contributed by atoms with Crippen LogP contribution in [0.25, 0.3) is 6.08 Å². The van der Waals surface area contributed by atoms with Gasteiger partial charge < -0.3 is 0 Å². The molecule has 1 aliphatic heterocycles. The fourth-order valence-corrected chi connectivity index (χ4v) is 1.57. The van der Waals surface area contributed by atoms with E-state index in [1.54, 1.807) is 0 Å². The number of hydrogen-bond acceptors (Lipinski definition) is 1. The standard InChI is InChI=1S/C10H7BrN2/c1-6-4-7-5-8(11)2-3-9(7)13-10(6)12/h2-5,12H,1H2. The van der Waals surface area contributed by atoms with Crippen LogP contribution >= 0.6 is 15.9 Å². The number of halogens is 1. The van der Waals surface area contributed by atoms with Gasteiger partial charge in [-0.2, -0.15) is 0 Å². The first-order valence-electron chi connectivity index (χ1n) is 3.81. The predicted molar refractivity (Wildman–Crippen MR) is 56.3 cm³/mol. The van der Waals surface area contributed by atoms with Gasteiger partial charge in [0.15, 0.2) is 5.84 Å². The summed E-state index contributed by atoms with van der Waals surface area (Å²) in [6.07, 6.45) is 1.87. The second kappa shape index (κ2) is 2.92. The summed E-state index contributed by atoms with van der Waals surface area (Å²) in [7, 11) is 0. The van der Waals surface area contributed by atoms with Crippen LogP contribution in [0.5, 0.6) is 0 Å². The normalized spacial score (nSPS) is 14.5. The third-order valence-electron chi connectivity index (χ3n) is 1.86. The van der Waals surface area contributed by atoms with Crippen molar-refractivity contribution < 1.29 is 0 Å². The largest absolute Gasteiger partial charge is 0.282 e. The molecule has 3 heteroatoms. The summed E-state index contributed by atoms with van der Waals surface area (Å²) in [5.41, 5.74) is 0.658. The Hall–Kier alpha value is -1.22. The summed E-state index contributed by atoms with van der Waals surface area (Å²) < 4.78 is 1.01. The maximum atomic E-state index is 7.47. The molecule has 64 valence electrons. The Morgan fingerprint density at radius 2 is 2.15 bits per heavy atom. The monoisotopic (exact) mass is 234 g/mol. The van der Waals surface area contributed by atoms with Crippen LogP contribution in [0.1, 0.15) is 0 Å².